The van der Waals surface area contributed by atoms with E-state index in [0.29, 0.717) is 29.4 Å². The number of nitrogens with zero attached hydrogens (tertiary/aromatic N) is 3. The SMILES string of the molecule is CN(C)C(=O)C[C@@H]1CCC[C@H](Cc2nc(-c3c[nH]c4ncc(F)cc34)c(F)cc2F)C1. The largest absolute Gasteiger partial charge is 0.349 e. The van der Waals surface area contributed by atoms with Crippen LogP contribution in [0.4, 0.5) is 13.2 Å². The quantitative estimate of drug-likeness (QED) is 0.628. The average molecular weight is 430 g/mol. The van der Waals surface area contributed by atoms with Gasteiger partial charge in [0.25, 0.3) is 0 Å². The maximum absolute atomic E-state index is 14.6. The fraction of sp³-hybridized carbons (Fsp3) is 0.435. The number of halogens is 3. The normalized spacial score (nSPS) is 19.0. The summed E-state index contributed by atoms with van der Waals surface area (Å²) in [4.78, 5) is 24.8. The van der Waals surface area contributed by atoms with Crippen LogP contribution >= 0.6 is 0 Å². The Kier molecular flexibility index (Phi) is 5.98. The highest BCUT2D eigenvalue weighted by Crippen LogP contribution is 2.35. The third-order valence-electron chi connectivity index (χ3n) is 6.09. The molecule has 3 heterocycles. The van der Waals surface area contributed by atoms with Crippen LogP contribution in [-0.2, 0) is 11.2 Å². The molecule has 1 saturated carbocycles. The van der Waals surface area contributed by atoms with Gasteiger partial charge in [-0.3, -0.25) is 4.79 Å². The van der Waals surface area contributed by atoms with E-state index in [9.17, 15) is 18.0 Å². The van der Waals surface area contributed by atoms with Crippen LogP contribution in [0.5, 0.6) is 0 Å². The molecule has 3 aromatic heterocycles. The molecule has 0 spiro atoms. The van der Waals surface area contributed by atoms with Gasteiger partial charge < -0.3 is 9.88 Å². The second kappa shape index (κ2) is 8.69. The van der Waals surface area contributed by atoms with E-state index in [1.165, 1.54) is 12.3 Å². The van der Waals surface area contributed by atoms with Crippen molar-refractivity contribution in [3.63, 3.8) is 0 Å². The summed E-state index contributed by atoms with van der Waals surface area (Å²) in [5, 5.41) is 0.392. The number of fused-ring (bicyclic) bond motifs is 1. The Morgan fingerprint density at radius 2 is 1.94 bits per heavy atom. The number of H-pyrrole nitrogens is 1. The second-order valence-electron chi connectivity index (χ2n) is 8.59. The summed E-state index contributed by atoms with van der Waals surface area (Å²) in [5.74, 6) is -1.49. The molecule has 1 fully saturated rings. The Balaban J connectivity index is 1.58. The molecule has 3 aromatic rings. The Hall–Kier alpha value is -2.90. The Labute approximate surface area is 178 Å². The second-order valence-corrected chi connectivity index (χ2v) is 8.59. The smallest absolute Gasteiger partial charge is 0.222 e. The van der Waals surface area contributed by atoms with E-state index in [-0.39, 0.29) is 29.1 Å². The maximum atomic E-state index is 14.6. The monoisotopic (exact) mass is 430 g/mol. The summed E-state index contributed by atoms with van der Waals surface area (Å²) in [7, 11) is 3.49. The van der Waals surface area contributed by atoms with Gasteiger partial charge in [0.15, 0.2) is 5.82 Å². The van der Waals surface area contributed by atoms with Crippen LogP contribution in [-0.4, -0.2) is 39.9 Å². The van der Waals surface area contributed by atoms with Gasteiger partial charge >= 0.3 is 0 Å². The average Bonchev–Trinajstić information content (AvgIpc) is 3.13. The Morgan fingerprint density at radius 1 is 1.16 bits per heavy atom. The molecule has 1 aliphatic rings. The van der Waals surface area contributed by atoms with Gasteiger partial charge in [-0.1, -0.05) is 12.8 Å². The zero-order chi connectivity index (χ0) is 22.1. The Bertz CT molecular complexity index is 1110. The molecule has 2 atom stereocenters. The number of hydrogen-bond donors (Lipinski definition) is 1. The molecule has 8 heteroatoms. The topological polar surface area (TPSA) is 61.9 Å². The zero-order valence-electron chi connectivity index (χ0n) is 17.6. The maximum Gasteiger partial charge on any atom is 0.222 e. The number of hydrogen-bond acceptors (Lipinski definition) is 3. The van der Waals surface area contributed by atoms with E-state index in [4.69, 9.17) is 0 Å². The lowest BCUT2D eigenvalue weighted by molar-refractivity contribution is -0.130. The fourth-order valence-electron chi connectivity index (χ4n) is 4.49. The molecule has 1 aliphatic carbocycles. The molecule has 0 unspecified atom stereocenters. The highest BCUT2D eigenvalue weighted by Gasteiger charge is 2.26. The molecule has 5 nitrogen and oxygen atoms in total. The molecule has 1 amide bonds. The summed E-state index contributed by atoms with van der Waals surface area (Å²) in [6.45, 7) is 0. The molecule has 0 radical (unpaired) electrons. The lowest BCUT2D eigenvalue weighted by atomic mass is 9.77. The third kappa shape index (κ3) is 4.57. The van der Waals surface area contributed by atoms with Gasteiger partial charge in [-0.2, -0.15) is 0 Å². The van der Waals surface area contributed by atoms with E-state index in [0.717, 1.165) is 37.9 Å². The van der Waals surface area contributed by atoms with Crippen molar-refractivity contribution in [2.75, 3.05) is 14.1 Å². The number of nitrogens with one attached hydrogen (secondary N) is 1. The molecular formula is C23H25F3N4O. The third-order valence-corrected chi connectivity index (χ3v) is 6.09. The van der Waals surface area contributed by atoms with Crippen molar-refractivity contribution in [3.05, 3.63) is 47.7 Å². The van der Waals surface area contributed by atoms with Crippen molar-refractivity contribution in [3.8, 4) is 11.3 Å². The van der Waals surface area contributed by atoms with Gasteiger partial charge in [0.2, 0.25) is 5.91 Å². The number of amides is 1. The first-order valence-corrected chi connectivity index (χ1v) is 10.5. The first-order valence-electron chi connectivity index (χ1n) is 10.5. The first kappa shape index (κ1) is 21.3. The summed E-state index contributed by atoms with van der Waals surface area (Å²) in [6.07, 6.45) is 7.13. The predicted octanol–water partition coefficient (Wildman–Crippen LogP) is 4.87. The van der Waals surface area contributed by atoms with Crippen LogP contribution in [0.3, 0.4) is 0 Å². The van der Waals surface area contributed by atoms with Crippen LogP contribution in [0.1, 0.15) is 37.8 Å². The molecule has 164 valence electrons. The van der Waals surface area contributed by atoms with Crippen molar-refractivity contribution >= 4 is 16.9 Å². The lowest BCUT2D eigenvalue weighted by Crippen LogP contribution is -2.27. The molecular weight excluding hydrogens is 405 g/mol. The number of rotatable bonds is 5. The minimum atomic E-state index is -0.801. The van der Waals surface area contributed by atoms with Crippen molar-refractivity contribution in [1.82, 2.24) is 19.9 Å². The van der Waals surface area contributed by atoms with Crippen molar-refractivity contribution in [2.24, 2.45) is 11.8 Å². The minimum absolute atomic E-state index is 0.0230. The summed E-state index contributed by atoms with van der Waals surface area (Å²) in [5.41, 5.74) is 0.924. The molecule has 4 rings (SSSR count). The first-order chi connectivity index (χ1) is 14.8. The van der Waals surface area contributed by atoms with E-state index >= 15 is 0 Å². The molecule has 0 saturated heterocycles. The highest BCUT2D eigenvalue weighted by molar-refractivity contribution is 5.92. The highest BCUT2D eigenvalue weighted by atomic mass is 19.1. The zero-order valence-corrected chi connectivity index (χ0v) is 17.6. The fourth-order valence-corrected chi connectivity index (χ4v) is 4.49. The summed E-state index contributed by atoms with van der Waals surface area (Å²) >= 11 is 0. The van der Waals surface area contributed by atoms with Crippen molar-refractivity contribution in [2.45, 2.75) is 38.5 Å². The van der Waals surface area contributed by atoms with Gasteiger partial charge in [0.1, 0.15) is 23.0 Å². The van der Waals surface area contributed by atoms with Gasteiger partial charge in [0, 0.05) is 43.7 Å². The lowest BCUT2D eigenvalue weighted by Gasteiger charge is -2.29. The van der Waals surface area contributed by atoms with Crippen molar-refractivity contribution < 1.29 is 18.0 Å². The summed E-state index contributed by atoms with van der Waals surface area (Å²) in [6, 6.07) is 2.10. The van der Waals surface area contributed by atoms with Crippen LogP contribution < -0.4 is 0 Å². The molecule has 0 aromatic carbocycles. The van der Waals surface area contributed by atoms with Gasteiger partial charge in [0.05, 0.1) is 11.9 Å². The number of aromatic nitrogens is 3. The van der Waals surface area contributed by atoms with Crippen LogP contribution in [0.2, 0.25) is 0 Å². The van der Waals surface area contributed by atoms with Gasteiger partial charge in [-0.05, 0) is 37.2 Å². The van der Waals surface area contributed by atoms with Gasteiger partial charge in [-0.15, -0.1) is 0 Å². The van der Waals surface area contributed by atoms with Crippen molar-refractivity contribution in [1.29, 1.82) is 0 Å². The van der Waals surface area contributed by atoms with Crippen LogP contribution in [0, 0.1) is 29.3 Å². The van der Waals surface area contributed by atoms with E-state index < -0.39 is 17.5 Å². The number of carbonyl (C=O) groups is 1. The molecule has 0 bridgehead atoms. The van der Waals surface area contributed by atoms with E-state index in [1.807, 2.05) is 0 Å². The summed E-state index contributed by atoms with van der Waals surface area (Å²) < 4.78 is 42.8. The number of carbonyl (C=O) groups excluding carboxylic acids is 1. The molecule has 0 aliphatic heterocycles. The minimum Gasteiger partial charge on any atom is -0.349 e. The molecule has 31 heavy (non-hydrogen) atoms. The van der Waals surface area contributed by atoms with Gasteiger partial charge in [-0.25, -0.2) is 23.1 Å². The predicted molar refractivity (Wildman–Crippen MR) is 112 cm³/mol. The van der Waals surface area contributed by atoms with E-state index in [1.54, 1.807) is 19.0 Å². The standard InChI is InChI=1S/C23H25F3N4O/c1-30(2)21(31)8-14-5-3-4-13(6-14)7-20-18(25)10-19(26)22(29-20)17-12-28-23-16(17)9-15(24)11-27-23/h9-14H,3-8H2,1-2H3,(H,27,28)/t13-,14+/m0/s1. The van der Waals surface area contributed by atoms with E-state index in [2.05, 4.69) is 15.0 Å². The number of pyridine rings is 2. The number of aromatic amines is 1. The Morgan fingerprint density at radius 3 is 2.71 bits per heavy atom. The van der Waals surface area contributed by atoms with Crippen LogP contribution in [0.15, 0.2) is 24.5 Å². The van der Waals surface area contributed by atoms with Crippen LogP contribution in [0.25, 0.3) is 22.3 Å². The molecule has 1 N–H and O–H groups in total.